The molecule has 17 heavy (non-hydrogen) atoms. The topological polar surface area (TPSA) is 30.5 Å². The van der Waals surface area contributed by atoms with E-state index in [2.05, 4.69) is 23.5 Å². The van der Waals surface area contributed by atoms with Gasteiger partial charge in [0.05, 0.1) is 19.3 Å². The molecule has 0 heterocycles. The zero-order valence-electron chi connectivity index (χ0n) is 11.0. The van der Waals surface area contributed by atoms with E-state index in [9.17, 15) is 0 Å². The fraction of sp³-hybridized carbons (Fsp3) is 0.571. The highest BCUT2D eigenvalue weighted by atomic mass is 16.5. The first-order chi connectivity index (χ1) is 8.27. The Labute approximate surface area is 104 Å². The van der Waals surface area contributed by atoms with Crippen LogP contribution in [-0.2, 0) is 22.6 Å². The maximum absolute atomic E-state index is 5.76. The van der Waals surface area contributed by atoms with E-state index in [4.69, 9.17) is 9.47 Å². The van der Waals surface area contributed by atoms with Crippen LogP contribution in [0.3, 0.4) is 0 Å². The van der Waals surface area contributed by atoms with Crippen LogP contribution in [0, 0.1) is 0 Å². The second-order valence-corrected chi connectivity index (χ2v) is 4.08. The Balaban J connectivity index is 2.44. The number of benzene rings is 1. The fourth-order valence-electron chi connectivity index (χ4n) is 1.63. The van der Waals surface area contributed by atoms with E-state index in [1.54, 1.807) is 0 Å². The highest BCUT2D eigenvalue weighted by molar-refractivity contribution is 5.26. The van der Waals surface area contributed by atoms with Crippen molar-refractivity contribution >= 4 is 0 Å². The van der Waals surface area contributed by atoms with Gasteiger partial charge in [0.2, 0.25) is 0 Å². The number of nitrogens with one attached hydrogen (secondary N) is 1. The predicted octanol–water partition coefficient (Wildman–Crippen LogP) is 2.35. The smallest absolute Gasteiger partial charge is 0.0785 e. The van der Waals surface area contributed by atoms with Gasteiger partial charge in [0.15, 0.2) is 0 Å². The molecule has 0 amide bonds. The van der Waals surface area contributed by atoms with Gasteiger partial charge in [-0.15, -0.1) is 0 Å². The van der Waals surface area contributed by atoms with Crippen molar-refractivity contribution in [1.82, 2.24) is 5.32 Å². The van der Waals surface area contributed by atoms with E-state index in [0.29, 0.717) is 13.2 Å². The Morgan fingerprint density at radius 2 is 1.94 bits per heavy atom. The third-order valence-corrected chi connectivity index (χ3v) is 2.57. The molecule has 1 unspecified atom stereocenters. The molecule has 1 atom stereocenters. The molecule has 1 rings (SSSR count). The average Bonchev–Trinajstić information content (AvgIpc) is 2.35. The Hall–Kier alpha value is -0.900. The molecule has 1 N–H and O–H groups in total. The lowest BCUT2D eigenvalue weighted by Crippen LogP contribution is -2.17. The lowest BCUT2D eigenvalue weighted by atomic mass is 10.1. The third-order valence-electron chi connectivity index (χ3n) is 2.57. The quantitative estimate of drug-likeness (QED) is 0.753. The maximum atomic E-state index is 5.76. The predicted molar refractivity (Wildman–Crippen MR) is 69.9 cm³/mol. The van der Waals surface area contributed by atoms with Gasteiger partial charge in [0.25, 0.3) is 0 Å². The minimum absolute atomic E-state index is 0.137. The molecular formula is C14H23NO2. The van der Waals surface area contributed by atoms with Gasteiger partial charge in [0.1, 0.15) is 0 Å². The Morgan fingerprint density at radius 3 is 2.59 bits per heavy atom. The van der Waals surface area contributed by atoms with Crippen LogP contribution in [0.25, 0.3) is 0 Å². The third kappa shape index (κ3) is 5.31. The zero-order valence-corrected chi connectivity index (χ0v) is 11.0. The molecule has 0 aliphatic carbocycles. The maximum Gasteiger partial charge on any atom is 0.0785 e. The summed E-state index contributed by atoms with van der Waals surface area (Å²) in [6.07, 6.45) is 0.137. The van der Waals surface area contributed by atoms with Crippen LogP contribution in [0.2, 0.25) is 0 Å². The van der Waals surface area contributed by atoms with E-state index in [1.165, 1.54) is 11.1 Å². The second-order valence-electron chi connectivity index (χ2n) is 4.08. The summed E-state index contributed by atoms with van der Waals surface area (Å²) in [5, 5.41) is 3.17. The van der Waals surface area contributed by atoms with Gasteiger partial charge in [-0.25, -0.2) is 0 Å². The molecule has 0 fully saturated rings. The zero-order chi connectivity index (χ0) is 12.5. The molecule has 0 aliphatic heterocycles. The first-order valence-electron chi connectivity index (χ1n) is 6.18. The van der Waals surface area contributed by atoms with Crippen LogP contribution in [0.1, 0.15) is 25.0 Å². The number of ether oxygens (including phenoxy) is 2. The van der Waals surface area contributed by atoms with Crippen molar-refractivity contribution < 1.29 is 9.47 Å². The summed E-state index contributed by atoms with van der Waals surface area (Å²) in [6, 6.07) is 8.34. The van der Waals surface area contributed by atoms with Crippen molar-refractivity contribution in [2.75, 3.05) is 20.3 Å². The molecule has 1 aromatic rings. The van der Waals surface area contributed by atoms with Gasteiger partial charge >= 0.3 is 0 Å². The van der Waals surface area contributed by atoms with Crippen molar-refractivity contribution in [2.45, 2.75) is 33.1 Å². The molecule has 3 nitrogen and oxygen atoms in total. The molecule has 3 heteroatoms. The lowest BCUT2D eigenvalue weighted by Gasteiger charge is -2.15. The molecule has 0 aromatic heterocycles. The summed E-state index contributed by atoms with van der Waals surface area (Å²) in [5.74, 6) is 0. The summed E-state index contributed by atoms with van der Waals surface area (Å²) in [6.45, 7) is 6.95. The standard InChI is InChI=1S/C14H23NO2/c1-4-16-10-12(2)17-11-14-8-6-5-7-13(14)9-15-3/h5-8,12,15H,4,9-11H2,1-3H3. The second kappa shape index (κ2) is 8.23. The average molecular weight is 237 g/mol. The first kappa shape index (κ1) is 14.2. The summed E-state index contributed by atoms with van der Waals surface area (Å²) in [7, 11) is 1.95. The van der Waals surface area contributed by atoms with E-state index < -0.39 is 0 Å². The first-order valence-corrected chi connectivity index (χ1v) is 6.18. The molecular weight excluding hydrogens is 214 g/mol. The van der Waals surface area contributed by atoms with E-state index in [1.807, 2.05) is 27.0 Å². The Kier molecular flexibility index (Phi) is 6.86. The van der Waals surface area contributed by atoms with Crippen LogP contribution in [0.5, 0.6) is 0 Å². The normalized spacial score (nSPS) is 12.6. The largest absolute Gasteiger partial charge is 0.379 e. The molecule has 0 spiro atoms. The van der Waals surface area contributed by atoms with Gasteiger partial charge in [-0.3, -0.25) is 0 Å². The van der Waals surface area contributed by atoms with Crippen LogP contribution >= 0.6 is 0 Å². The Morgan fingerprint density at radius 1 is 1.24 bits per heavy atom. The highest BCUT2D eigenvalue weighted by Crippen LogP contribution is 2.11. The van der Waals surface area contributed by atoms with Gasteiger partial charge < -0.3 is 14.8 Å². The SMILES string of the molecule is CCOCC(C)OCc1ccccc1CNC. The molecule has 0 bridgehead atoms. The van der Waals surface area contributed by atoms with Gasteiger partial charge in [-0.2, -0.15) is 0 Å². The van der Waals surface area contributed by atoms with Gasteiger partial charge in [0, 0.05) is 13.2 Å². The summed E-state index contributed by atoms with van der Waals surface area (Å²) in [5.41, 5.74) is 2.53. The van der Waals surface area contributed by atoms with Crippen molar-refractivity contribution in [3.63, 3.8) is 0 Å². The minimum Gasteiger partial charge on any atom is -0.379 e. The van der Waals surface area contributed by atoms with E-state index >= 15 is 0 Å². The molecule has 0 aliphatic rings. The number of hydrogen-bond acceptors (Lipinski definition) is 3. The van der Waals surface area contributed by atoms with Crippen LogP contribution in [0.4, 0.5) is 0 Å². The van der Waals surface area contributed by atoms with Crippen molar-refractivity contribution in [2.24, 2.45) is 0 Å². The highest BCUT2D eigenvalue weighted by Gasteiger charge is 2.05. The molecule has 96 valence electrons. The van der Waals surface area contributed by atoms with Crippen LogP contribution in [-0.4, -0.2) is 26.4 Å². The van der Waals surface area contributed by atoms with Crippen molar-refractivity contribution in [3.05, 3.63) is 35.4 Å². The Bertz CT molecular complexity index is 315. The van der Waals surface area contributed by atoms with Crippen molar-refractivity contribution in [1.29, 1.82) is 0 Å². The lowest BCUT2D eigenvalue weighted by molar-refractivity contribution is -0.0118. The van der Waals surface area contributed by atoms with E-state index in [-0.39, 0.29) is 6.10 Å². The van der Waals surface area contributed by atoms with Crippen LogP contribution in [0.15, 0.2) is 24.3 Å². The van der Waals surface area contributed by atoms with Crippen LogP contribution < -0.4 is 5.32 Å². The fourth-order valence-corrected chi connectivity index (χ4v) is 1.63. The molecule has 0 radical (unpaired) electrons. The summed E-state index contributed by atoms with van der Waals surface area (Å²) in [4.78, 5) is 0. The summed E-state index contributed by atoms with van der Waals surface area (Å²) < 4.78 is 11.1. The number of hydrogen-bond donors (Lipinski definition) is 1. The van der Waals surface area contributed by atoms with E-state index in [0.717, 1.165) is 13.2 Å². The van der Waals surface area contributed by atoms with Crippen molar-refractivity contribution in [3.8, 4) is 0 Å². The van der Waals surface area contributed by atoms with Gasteiger partial charge in [-0.05, 0) is 32.0 Å². The molecule has 1 aromatic carbocycles. The monoisotopic (exact) mass is 237 g/mol. The summed E-state index contributed by atoms with van der Waals surface area (Å²) >= 11 is 0. The molecule has 0 saturated heterocycles. The molecule has 0 saturated carbocycles. The van der Waals surface area contributed by atoms with Gasteiger partial charge in [-0.1, -0.05) is 24.3 Å². The number of rotatable bonds is 8. The minimum atomic E-state index is 0.137.